The van der Waals surface area contributed by atoms with Crippen LogP contribution in [-0.2, 0) is 9.53 Å². The number of hydrogen-bond donors (Lipinski definition) is 1. The minimum Gasteiger partial charge on any atom is -0.368 e. The molecule has 1 saturated heterocycles. The fourth-order valence-electron chi connectivity index (χ4n) is 2.26. The summed E-state index contributed by atoms with van der Waals surface area (Å²) in [5.41, 5.74) is 2.14. The molecule has 4 heteroatoms. The Balaban J connectivity index is 1.68. The lowest BCUT2D eigenvalue weighted by Gasteiger charge is -2.10. The average Bonchev–Trinajstić information content (AvgIpc) is 3.03. The first-order chi connectivity index (χ1) is 9.83. The molecule has 2 aromatic rings. The molecule has 3 rings (SSSR count). The van der Waals surface area contributed by atoms with Crippen LogP contribution >= 0.6 is 0 Å². The molecule has 1 atom stereocenters. The molecular formula is C16H16N2O2. The Labute approximate surface area is 117 Å². The summed E-state index contributed by atoms with van der Waals surface area (Å²) in [5, 5.41) is 2.79. The topological polar surface area (TPSA) is 51.2 Å². The van der Waals surface area contributed by atoms with E-state index >= 15 is 0 Å². The summed E-state index contributed by atoms with van der Waals surface area (Å²) in [4.78, 5) is 16.2. The Hall–Kier alpha value is -2.20. The van der Waals surface area contributed by atoms with Crippen LogP contribution < -0.4 is 5.32 Å². The van der Waals surface area contributed by atoms with Gasteiger partial charge >= 0.3 is 0 Å². The molecule has 4 nitrogen and oxygen atoms in total. The Morgan fingerprint density at radius 3 is 2.65 bits per heavy atom. The first kappa shape index (κ1) is 12.8. The molecule has 1 amide bonds. The molecule has 1 unspecified atom stereocenters. The molecule has 2 heterocycles. The summed E-state index contributed by atoms with van der Waals surface area (Å²) in [6.45, 7) is 0.665. The number of aromatic nitrogens is 1. The number of carbonyl (C=O) groups is 1. The summed E-state index contributed by atoms with van der Waals surface area (Å²) in [5.74, 6) is 0.452. The van der Waals surface area contributed by atoms with Crippen molar-refractivity contribution in [3.8, 4) is 11.1 Å². The monoisotopic (exact) mass is 268 g/mol. The summed E-state index contributed by atoms with van der Waals surface area (Å²) >= 11 is 0. The van der Waals surface area contributed by atoms with Crippen molar-refractivity contribution in [3.05, 3.63) is 48.7 Å². The quantitative estimate of drug-likeness (QED) is 0.931. The molecule has 102 valence electrons. The highest BCUT2D eigenvalue weighted by Crippen LogP contribution is 2.19. The maximum atomic E-state index is 11.9. The number of ether oxygens (including phenoxy) is 1. The Morgan fingerprint density at radius 1 is 1.15 bits per heavy atom. The molecule has 1 aliphatic rings. The van der Waals surface area contributed by atoms with Crippen LogP contribution in [0.15, 0.2) is 48.7 Å². The first-order valence-corrected chi connectivity index (χ1v) is 6.77. The van der Waals surface area contributed by atoms with E-state index in [1.807, 2.05) is 42.5 Å². The van der Waals surface area contributed by atoms with E-state index in [4.69, 9.17) is 4.74 Å². The van der Waals surface area contributed by atoms with Crippen molar-refractivity contribution < 1.29 is 9.53 Å². The maximum Gasteiger partial charge on any atom is 0.254 e. The third-order valence-corrected chi connectivity index (χ3v) is 3.34. The molecule has 1 aromatic carbocycles. The van der Waals surface area contributed by atoms with Crippen molar-refractivity contribution >= 4 is 11.7 Å². The normalized spacial score (nSPS) is 17.9. The maximum absolute atomic E-state index is 11.9. The smallest absolute Gasteiger partial charge is 0.254 e. The number of benzene rings is 1. The summed E-state index contributed by atoms with van der Waals surface area (Å²) in [6, 6.07) is 13.8. The number of anilines is 1. The molecule has 0 aliphatic carbocycles. The van der Waals surface area contributed by atoms with Gasteiger partial charge in [0, 0.05) is 18.4 Å². The second kappa shape index (κ2) is 5.84. The average molecular weight is 268 g/mol. The number of amides is 1. The standard InChI is InChI=1S/C16H16N2O2/c19-16(14-7-4-10-20-14)18-15-9-8-13(11-17-15)12-5-2-1-3-6-12/h1-3,5-6,8-9,11,14H,4,7,10H2,(H,17,18,19). The van der Waals surface area contributed by atoms with Gasteiger partial charge in [-0.05, 0) is 30.5 Å². The van der Waals surface area contributed by atoms with Crippen LogP contribution in [0.25, 0.3) is 11.1 Å². The van der Waals surface area contributed by atoms with E-state index in [0.29, 0.717) is 12.4 Å². The van der Waals surface area contributed by atoms with E-state index < -0.39 is 0 Å². The third-order valence-electron chi connectivity index (χ3n) is 3.34. The highest BCUT2D eigenvalue weighted by atomic mass is 16.5. The predicted molar refractivity (Wildman–Crippen MR) is 77.3 cm³/mol. The fourth-order valence-corrected chi connectivity index (χ4v) is 2.26. The van der Waals surface area contributed by atoms with Gasteiger partial charge in [0.15, 0.2) is 0 Å². The van der Waals surface area contributed by atoms with Crippen LogP contribution in [0.5, 0.6) is 0 Å². The van der Waals surface area contributed by atoms with Gasteiger partial charge < -0.3 is 10.1 Å². The SMILES string of the molecule is O=C(Nc1ccc(-c2ccccc2)cn1)C1CCCO1. The molecule has 1 fully saturated rings. The number of carbonyl (C=O) groups excluding carboxylic acids is 1. The number of nitrogens with one attached hydrogen (secondary N) is 1. The van der Waals surface area contributed by atoms with Gasteiger partial charge in [-0.3, -0.25) is 4.79 Å². The third kappa shape index (κ3) is 2.86. The zero-order valence-electron chi connectivity index (χ0n) is 11.1. The summed E-state index contributed by atoms with van der Waals surface area (Å²) in [7, 11) is 0. The summed E-state index contributed by atoms with van der Waals surface area (Å²) < 4.78 is 5.34. The Bertz CT molecular complexity index is 575. The molecular weight excluding hydrogens is 252 g/mol. The second-order valence-electron chi connectivity index (χ2n) is 4.79. The fraction of sp³-hybridized carbons (Fsp3) is 0.250. The van der Waals surface area contributed by atoms with Crippen LogP contribution in [0.2, 0.25) is 0 Å². The Kier molecular flexibility index (Phi) is 3.74. The predicted octanol–water partition coefficient (Wildman–Crippen LogP) is 2.87. The van der Waals surface area contributed by atoms with Crippen molar-refractivity contribution in [2.24, 2.45) is 0 Å². The molecule has 1 aromatic heterocycles. The number of hydrogen-bond acceptors (Lipinski definition) is 3. The van der Waals surface area contributed by atoms with Gasteiger partial charge in [-0.15, -0.1) is 0 Å². The minimum absolute atomic E-state index is 0.109. The zero-order valence-corrected chi connectivity index (χ0v) is 11.1. The van der Waals surface area contributed by atoms with Crippen molar-refractivity contribution in [3.63, 3.8) is 0 Å². The van der Waals surface area contributed by atoms with Crippen molar-refractivity contribution in [2.45, 2.75) is 18.9 Å². The van der Waals surface area contributed by atoms with E-state index in [1.165, 1.54) is 0 Å². The first-order valence-electron chi connectivity index (χ1n) is 6.77. The lowest BCUT2D eigenvalue weighted by Crippen LogP contribution is -2.27. The highest BCUT2D eigenvalue weighted by molar-refractivity contribution is 5.93. The molecule has 1 aliphatic heterocycles. The van der Waals surface area contributed by atoms with Crippen LogP contribution in [-0.4, -0.2) is 23.6 Å². The molecule has 0 radical (unpaired) electrons. The van der Waals surface area contributed by atoms with Gasteiger partial charge in [-0.25, -0.2) is 4.98 Å². The van der Waals surface area contributed by atoms with Gasteiger partial charge in [0.05, 0.1) is 0 Å². The van der Waals surface area contributed by atoms with Gasteiger partial charge in [-0.2, -0.15) is 0 Å². The van der Waals surface area contributed by atoms with Crippen molar-refractivity contribution in [2.75, 3.05) is 11.9 Å². The largest absolute Gasteiger partial charge is 0.368 e. The zero-order chi connectivity index (χ0) is 13.8. The van der Waals surface area contributed by atoms with Crippen LogP contribution in [0, 0.1) is 0 Å². The number of rotatable bonds is 3. The molecule has 0 spiro atoms. The van der Waals surface area contributed by atoms with E-state index in [0.717, 1.165) is 24.0 Å². The second-order valence-corrected chi connectivity index (χ2v) is 4.79. The van der Waals surface area contributed by atoms with Crippen molar-refractivity contribution in [1.82, 2.24) is 4.98 Å². The van der Waals surface area contributed by atoms with Gasteiger partial charge in [-0.1, -0.05) is 30.3 Å². The lowest BCUT2D eigenvalue weighted by atomic mass is 10.1. The molecule has 0 saturated carbocycles. The number of nitrogens with zero attached hydrogens (tertiary/aromatic N) is 1. The van der Waals surface area contributed by atoms with E-state index in [2.05, 4.69) is 10.3 Å². The van der Waals surface area contributed by atoms with Crippen molar-refractivity contribution in [1.29, 1.82) is 0 Å². The van der Waals surface area contributed by atoms with Gasteiger partial charge in [0.2, 0.25) is 0 Å². The van der Waals surface area contributed by atoms with E-state index in [1.54, 1.807) is 6.20 Å². The summed E-state index contributed by atoms with van der Waals surface area (Å²) in [6.07, 6.45) is 3.16. The van der Waals surface area contributed by atoms with Crippen LogP contribution in [0.3, 0.4) is 0 Å². The lowest BCUT2D eigenvalue weighted by molar-refractivity contribution is -0.124. The van der Waals surface area contributed by atoms with Gasteiger partial charge in [0.1, 0.15) is 11.9 Å². The van der Waals surface area contributed by atoms with E-state index in [-0.39, 0.29) is 12.0 Å². The van der Waals surface area contributed by atoms with Crippen LogP contribution in [0.1, 0.15) is 12.8 Å². The van der Waals surface area contributed by atoms with Crippen LogP contribution in [0.4, 0.5) is 5.82 Å². The highest BCUT2D eigenvalue weighted by Gasteiger charge is 2.23. The number of pyridine rings is 1. The molecule has 1 N–H and O–H groups in total. The van der Waals surface area contributed by atoms with Gasteiger partial charge in [0.25, 0.3) is 5.91 Å². The minimum atomic E-state index is -0.328. The Morgan fingerprint density at radius 2 is 2.00 bits per heavy atom. The molecule has 20 heavy (non-hydrogen) atoms. The molecule has 0 bridgehead atoms. The van der Waals surface area contributed by atoms with E-state index in [9.17, 15) is 4.79 Å².